The molecule has 6 nitrogen and oxygen atoms in total. The Labute approximate surface area is 168 Å². The van der Waals surface area contributed by atoms with Gasteiger partial charge in [0, 0.05) is 5.69 Å². The molecule has 2 heterocycles. The molecule has 1 aliphatic heterocycles. The molecule has 0 radical (unpaired) electrons. The van der Waals surface area contributed by atoms with Crippen LogP contribution in [0.15, 0.2) is 53.7 Å². The highest BCUT2D eigenvalue weighted by Gasteiger charge is 2.37. The zero-order valence-corrected chi connectivity index (χ0v) is 17.0. The van der Waals surface area contributed by atoms with Gasteiger partial charge in [-0.3, -0.25) is 4.79 Å². The number of fused-ring (bicyclic) bond motifs is 1. The molecule has 0 saturated carbocycles. The van der Waals surface area contributed by atoms with E-state index in [1.807, 2.05) is 35.9 Å². The van der Waals surface area contributed by atoms with Crippen molar-refractivity contribution in [3.05, 3.63) is 71.0 Å². The maximum Gasteiger partial charge on any atom is 0.240 e. The van der Waals surface area contributed by atoms with Crippen LogP contribution in [0.2, 0.25) is 0 Å². The molecule has 1 aromatic heterocycles. The SMILES string of the molecule is CCc1ccc(NC(=O)[C@@H]2Sc3nnc(C)n3N[C@H]2c2ccc(C)cc2)cc1. The van der Waals surface area contributed by atoms with Gasteiger partial charge in [-0.05, 0) is 43.5 Å². The third-order valence-electron chi connectivity index (χ3n) is 4.92. The van der Waals surface area contributed by atoms with E-state index in [0.717, 1.165) is 23.5 Å². The number of hydrogen-bond donors (Lipinski definition) is 2. The second kappa shape index (κ2) is 7.67. The standard InChI is InChI=1S/C21H23N5OS/c1-4-15-7-11-17(12-8-15)22-20(27)19-18(16-9-5-13(2)6-10-16)25-26-14(3)23-24-21(26)28-19/h5-12,18-19,25H,4H2,1-3H3,(H,22,27)/t18-,19+/m0/s1. The minimum absolute atomic E-state index is 0.0563. The molecule has 0 spiro atoms. The number of carbonyl (C=O) groups is 1. The first-order valence-corrected chi connectivity index (χ1v) is 10.2. The van der Waals surface area contributed by atoms with Gasteiger partial charge in [-0.2, -0.15) is 0 Å². The summed E-state index contributed by atoms with van der Waals surface area (Å²) >= 11 is 1.43. The predicted molar refractivity (Wildman–Crippen MR) is 112 cm³/mol. The predicted octanol–water partition coefficient (Wildman–Crippen LogP) is 3.86. The van der Waals surface area contributed by atoms with Crippen molar-refractivity contribution < 1.29 is 4.79 Å². The number of aromatic nitrogens is 3. The summed E-state index contributed by atoms with van der Waals surface area (Å²) in [5.41, 5.74) is 7.71. The van der Waals surface area contributed by atoms with Gasteiger partial charge in [0.1, 0.15) is 11.1 Å². The Balaban J connectivity index is 1.62. The Morgan fingerprint density at radius 1 is 1.11 bits per heavy atom. The normalized spacial score (nSPS) is 18.2. The van der Waals surface area contributed by atoms with Gasteiger partial charge < -0.3 is 10.7 Å². The molecule has 1 amide bonds. The van der Waals surface area contributed by atoms with Crippen molar-refractivity contribution in [3.63, 3.8) is 0 Å². The zero-order chi connectivity index (χ0) is 19.7. The van der Waals surface area contributed by atoms with Gasteiger partial charge in [0.25, 0.3) is 0 Å². The number of benzene rings is 2. The summed E-state index contributed by atoms with van der Waals surface area (Å²) in [6.45, 7) is 6.06. The number of amides is 1. The van der Waals surface area contributed by atoms with E-state index in [0.29, 0.717) is 5.16 Å². The van der Waals surface area contributed by atoms with Crippen molar-refractivity contribution in [3.8, 4) is 0 Å². The van der Waals surface area contributed by atoms with Gasteiger partial charge in [0.15, 0.2) is 0 Å². The highest BCUT2D eigenvalue weighted by molar-refractivity contribution is 8.00. The van der Waals surface area contributed by atoms with E-state index in [4.69, 9.17) is 0 Å². The Hall–Kier alpha value is -2.80. The lowest BCUT2D eigenvalue weighted by atomic mass is 10.0. The first kappa shape index (κ1) is 18.6. The van der Waals surface area contributed by atoms with E-state index in [9.17, 15) is 4.79 Å². The van der Waals surface area contributed by atoms with Crippen molar-refractivity contribution in [2.75, 3.05) is 10.7 Å². The van der Waals surface area contributed by atoms with Crippen LogP contribution in [0.4, 0.5) is 5.69 Å². The lowest BCUT2D eigenvalue weighted by Crippen LogP contribution is -2.41. The molecule has 0 aliphatic carbocycles. The maximum absolute atomic E-state index is 13.2. The van der Waals surface area contributed by atoms with Crippen molar-refractivity contribution in [1.29, 1.82) is 0 Å². The highest BCUT2D eigenvalue weighted by Crippen LogP contribution is 2.37. The van der Waals surface area contributed by atoms with Gasteiger partial charge >= 0.3 is 0 Å². The number of hydrogen-bond acceptors (Lipinski definition) is 5. The van der Waals surface area contributed by atoms with E-state index in [2.05, 4.69) is 59.1 Å². The fourth-order valence-corrected chi connectivity index (χ4v) is 4.35. The van der Waals surface area contributed by atoms with Crippen molar-refractivity contribution in [2.24, 2.45) is 0 Å². The van der Waals surface area contributed by atoms with Crippen LogP contribution in [0, 0.1) is 13.8 Å². The van der Waals surface area contributed by atoms with Crippen LogP contribution in [0.5, 0.6) is 0 Å². The largest absolute Gasteiger partial charge is 0.325 e. The quantitative estimate of drug-likeness (QED) is 0.704. The lowest BCUT2D eigenvalue weighted by Gasteiger charge is -2.32. The number of aryl methyl sites for hydroxylation is 3. The van der Waals surface area contributed by atoms with Crippen LogP contribution in [0.3, 0.4) is 0 Å². The summed E-state index contributed by atoms with van der Waals surface area (Å²) < 4.78 is 1.86. The number of carbonyl (C=O) groups excluding carboxylic acids is 1. The Morgan fingerprint density at radius 3 is 2.50 bits per heavy atom. The van der Waals surface area contributed by atoms with Gasteiger partial charge in [-0.1, -0.05) is 60.6 Å². The average Bonchev–Trinajstić information content (AvgIpc) is 3.08. The van der Waals surface area contributed by atoms with Crippen molar-refractivity contribution >= 4 is 23.4 Å². The maximum atomic E-state index is 13.2. The lowest BCUT2D eigenvalue weighted by molar-refractivity contribution is -0.116. The average molecular weight is 394 g/mol. The van der Waals surface area contributed by atoms with Crippen LogP contribution < -0.4 is 10.7 Å². The minimum Gasteiger partial charge on any atom is -0.325 e. The van der Waals surface area contributed by atoms with Crippen LogP contribution in [0.25, 0.3) is 0 Å². The van der Waals surface area contributed by atoms with E-state index < -0.39 is 0 Å². The van der Waals surface area contributed by atoms with Gasteiger partial charge in [0.2, 0.25) is 11.1 Å². The van der Waals surface area contributed by atoms with Crippen LogP contribution >= 0.6 is 11.8 Å². The Morgan fingerprint density at radius 2 is 1.82 bits per heavy atom. The third kappa shape index (κ3) is 3.62. The molecule has 0 unspecified atom stereocenters. The Kier molecular flexibility index (Phi) is 5.09. The van der Waals surface area contributed by atoms with E-state index in [-0.39, 0.29) is 17.2 Å². The van der Waals surface area contributed by atoms with Crippen molar-refractivity contribution in [1.82, 2.24) is 14.9 Å². The van der Waals surface area contributed by atoms with Crippen LogP contribution in [-0.2, 0) is 11.2 Å². The van der Waals surface area contributed by atoms with Crippen LogP contribution in [-0.4, -0.2) is 26.0 Å². The van der Waals surface area contributed by atoms with Gasteiger partial charge in [-0.25, -0.2) is 4.68 Å². The first-order valence-electron chi connectivity index (χ1n) is 9.36. The summed E-state index contributed by atoms with van der Waals surface area (Å²) in [5.74, 6) is 0.716. The summed E-state index contributed by atoms with van der Waals surface area (Å²) in [5, 5.41) is 11.7. The molecule has 4 rings (SSSR count). The summed E-state index contributed by atoms with van der Waals surface area (Å²) in [6.07, 6.45) is 0.973. The van der Waals surface area contributed by atoms with Crippen LogP contribution in [0.1, 0.15) is 35.5 Å². The third-order valence-corrected chi connectivity index (χ3v) is 6.14. The molecule has 144 valence electrons. The van der Waals surface area contributed by atoms with E-state index in [1.165, 1.54) is 22.9 Å². The molecule has 0 bridgehead atoms. The molecule has 0 saturated heterocycles. The first-order chi connectivity index (χ1) is 13.5. The molecule has 2 atom stereocenters. The van der Waals surface area contributed by atoms with Gasteiger partial charge in [-0.15, -0.1) is 10.2 Å². The fraction of sp³-hybridized carbons (Fsp3) is 0.286. The summed E-state index contributed by atoms with van der Waals surface area (Å²) in [4.78, 5) is 13.2. The molecular formula is C21H23N5OS. The van der Waals surface area contributed by atoms with E-state index >= 15 is 0 Å². The smallest absolute Gasteiger partial charge is 0.240 e. The molecule has 1 aliphatic rings. The van der Waals surface area contributed by atoms with Gasteiger partial charge in [0.05, 0.1) is 6.04 Å². The molecule has 28 heavy (non-hydrogen) atoms. The topological polar surface area (TPSA) is 71.8 Å². The second-order valence-electron chi connectivity index (χ2n) is 6.96. The van der Waals surface area contributed by atoms with E-state index in [1.54, 1.807) is 0 Å². The second-order valence-corrected chi connectivity index (χ2v) is 8.07. The minimum atomic E-state index is -0.371. The molecule has 0 fully saturated rings. The fourth-order valence-electron chi connectivity index (χ4n) is 3.22. The molecule has 2 N–H and O–H groups in total. The highest BCUT2D eigenvalue weighted by atomic mass is 32.2. The molecule has 2 aromatic carbocycles. The summed E-state index contributed by atoms with van der Waals surface area (Å²) in [6, 6.07) is 16.0. The zero-order valence-electron chi connectivity index (χ0n) is 16.1. The number of nitrogens with one attached hydrogen (secondary N) is 2. The number of anilines is 1. The Bertz CT molecular complexity index is 981. The van der Waals surface area contributed by atoms with Crippen molar-refractivity contribution in [2.45, 2.75) is 43.6 Å². The number of rotatable bonds is 4. The number of thioether (sulfide) groups is 1. The molecular weight excluding hydrogens is 370 g/mol. The summed E-state index contributed by atoms with van der Waals surface area (Å²) in [7, 11) is 0. The number of nitrogens with zero attached hydrogens (tertiary/aromatic N) is 3. The molecule has 7 heteroatoms. The molecule has 3 aromatic rings. The monoisotopic (exact) mass is 393 g/mol.